The first kappa shape index (κ1) is 11.3. The van der Waals surface area contributed by atoms with Crippen LogP contribution in [0.15, 0.2) is 5.16 Å². The van der Waals surface area contributed by atoms with E-state index in [0.717, 1.165) is 24.2 Å². The highest BCUT2D eigenvalue weighted by atomic mass is 32.2. The Kier molecular flexibility index (Phi) is 3.40. The molecule has 1 aromatic heterocycles. The number of fused-ring (bicyclic) bond motifs is 1. The van der Waals surface area contributed by atoms with Crippen LogP contribution in [0.1, 0.15) is 17.0 Å². The second-order valence-corrected chi connectivity index (χ2v) is 4.35. The van der Waals surface area contributed by atoms with Crippen LogP contribution in [0.2, 0.25) is 0 Å². The Morgan fingerprint density at radius 1 is 1.56 bits per heavy atom. The topological polar surface area (TPSA) is 75.1 Å². The molecule has 0 spiro atoms. The maximum absolute atomic E-state index is 10.8. The molecule has 1 aliphatic rings. The van der Waals surface area contributed by atoms with Gasteiger partial charge in [0.25, 0.3) is 0 Å². The van der Waals surface area contributed by atoms with Gasteiger partial charge >= 0.3 is 5.97 Å². The first-order chi connectivity index (χ1) is 7.70. The molecule has 6 heteroatoms. The predicted molar refractivity (Wildman–Crippen MR) is 60.6 cm³/mol. The zero-order valence-electron chi connectivity index (χ0n) is 8.99. The van der Waals surface area contributed by atoms with Gasteiger partial charge in [0.15, 0.2) is 5.16 Å². The molecule has 86 valence electrons. The number of hydrogen-bond acceptors (Lipinski definition) is 5. The molecule has 2 N–H and O–H groups in total. The Balaban J connectivity index is 2.43. The van der Waals surface area contributed by atoms with Crippen molar-refractivity contribution in [1.82, 2.24) is 15.3 Å². The molecule has 0 aromatic carbocycles. The quantitative estimate of drug-likeness (QED) is 0.590. The van der Waals surface area contributed by atoms with E-state index in [2.05, 4.69) is 15.3 Å². The normalized spacial score (nSPS) is 14.6. The zero-order chi connectivity index (χ0) is 11.5. The Hall–Kier alpha value is -1.14. The molecule has 1 aliphatic heterocycles. The molecule has 0 unspecified atom stereocenters. The van der Waals surface area contributed by atoms with Crippen LogP contribution in [0.4, 0.5) is 0 Å². The van der Waals surface area contributed by atoms with Gasteiger partial charge < -0.3 is 10.4 Å². The molecule has 2 rings (SSSR count). The van der Waals surface area contributed by atoms with Gasteiger partial charge in [0.2, 0.25) is 0 Å². The predicted octanol–water partition coefficient (Wildman–Crippen LogP) is 0.471. The molecule has 0 fully saturated rings. The van der Waals surface area contributed by atoms with Crippen molar-refractivity contribution in [2.24, 2.45) is 0 Å². The van der Waals surface area contributed by atoms with E-state index in [4.69, 9.17) is 5.11 Å². The molecule has 0 saturated carbocycles. The Morgan fingerprint density at radius 2 is 2.38 bits per heavy atom. The monoisotopic (exact) mass is 239 g/mol. The first-order valence-corrected chi connectivity index (χ1v) is 6.28. The molecule has 0 radical (unpaired) electrons. The molecular weight excluding hydrogens is 226 g/mol. The van der Waals surface area contributed by atoms with Crippen LogP contribution in [0, 0.1) is 0 Å². The number of aliphatic carboxylic acids is 1. The van der Waals surface area contributed by atoms with Crippen molar-refractivity contribution in [2.45, 2.75) is 24.5 Å². The fourth-order valence-corrected chi connectivity index (χ4v) is 2.17. The van der Waals surface area contributed by atoms with Gasteiger partial charge in [-0.05, 0) is 6.26 Å². The fourth-order valence-electron chi connectivity index (χ4n) is 1.77. The minimum Gasteiger partial charge on any atom is -0.481 e. The summed E-state index contributed by atoms with van der Waals surface area (Å²) in [5, 5.41) is 12.7. The standard InChI is InChI=1S/C10H13N3O2S/c1-16-10-12-7-2-3-11-5-6(7)8(13-10)4-9(14)15/h11H,2-5H2,1H3,(H,14,15). The highest BCUT2D eigenvalue weighted by Crippen LogP contribution is 2.19. The van der Waals surface area contributed by atoms with Crippen molar-refractivity contribution < 1.29 is 9.90 Å². The molecule has 2 heterocycles. The molecule has 0 aliphatic carbocycles. The summed E-state index contributed by atoms with van der Waals surface area (Å²) in [6.07, 6.45) is 2.71. The maximum Gasteiger partial charge on any atom is 0.309 e. The van der Waals surface area contributed by atoms with Crippen molar-refractivity contribution in [3.63, 3.8) is 0 Å². The van der Waals surface area contributed by atoms with Gasteiger partial charge in [-0.2, -0.15) is 0 Å². The van der Waals surface area contributed by atoms with Crippen molar-refractivity contribution in [3.8, 4) is 0 Å². The summed E-state index contributed by atoms with van der Waals surface area (Å²) in [7, 11) is 0. The van der Waals surface area contributed by atoms with E-state index in [9.17, 15) is 4.79 Å². The molecule has 0 atom stereocenters. The Bertz CT molecular complexity index is 423. The number of rotatable bonds is 3. The lowest BCUT2D eigenvalue weighted by Gasteiger charge is -2.19. The van der Waals surface area contributed by atoms with Crippen LogP contribution in [0.25, 0.3) is 0 Å². The summed E-state index contributed by atoms with van der Waals surface area (Å²) in [5.41, 5.74) is 2.61. The maximum atomic E-state index is 10.8. The Labute approximate surface area is 97.7 Å². The van der Waals surface area contributed by atoms with Crippen molar-refractivity contribution in [2.75, 3.05) is 12.8 Å². The molecule has 1 aromatic rings. The average Bonchev–Trinajstić information content (AvgIpc) is 2.28. The summed E-state index contributed by atoms with van der Waals surface area (Å²) in [4.78, 5) is 19.5. The summed E-state index contributed by atoms with van der Waals surface area (Å²) < 4.78 is 0. The van der Waals surface area contributed by atoms with Gasteiger partial charge in [-0.15, -0.1) is 0 Å². The number of nitrogens with one attached hydrogen (secondary N) is 1. The first-order valence-electron chi connectivity index (χ1n) is 5.06. The highest BCUT2D eigenvalue weighted by molar-refractivity contribution is 7.98. The third-order valence-electron chi connectivity index (χ3n) is 2.50. The largest absolute Gasteiger partial charge is 0.481 e. The fraction of sp³-hybridized carbons (Fsp3) is 0.500. The van der Waals surface area contributed by atoms with Crippen LogP contribution in [0.3, 0.4) is 0 Å². The van der Waals surface area contributed by atoms with Crippen LogP contribution >= 0.6 is 11.8 Å². The SMILES string of the molecule is CSc1nc2c(c(CC(=O)O)n1)CNCC2. The number of carbonyl (C=O) groups is 1. The van der Waals surface area contributed by atoms with E-state index in [1.807, 2.05) is 6.26 Å². The van der Waals surface area contributed by atoms with Gasteiger partial charge in [-0.25, -0.2) is 9.97 Å². The lowest BCUT2D eigenvalue weighted by Crippen LogP contribution is -2.27. The van der Waals surface area contributed by atoms with Crippen LogP contribution in [-0.4, -0.2) is 33.8 Å². The second-order valence-electron chi connectivity index (χ2n) is 3.58. The minimum absolute atomic E-state index is 0.0277. The van der Waals surface area contributed by atoms with E-state index >= 15 is 0 Å². The minimum atomic E-state index is -0.849. The van der Waals surface area contributed by atoms with Gasteiger partial charge in [0.05, 0.1) is 17.8 Å². The van der Waals surface area contributed by atoms with E-state index in [0.29, 0.717) is 17.4 Å². The summed E-state index contributed by atoms with van der Waals surface area (Å²) in [6, 6.07) is 0. The van der Waals surface area contributed by atoms with Crippen molar-refractivity contribution in [3.05, 3.63) is 17.0 Å². The van der Waals surface area contributed by atoms with Gasteiger partial charge in [0.1, 0.15) is 0 Å². The Morgan fingerprint density at radius 3 is 3.06 bits per heavy atom. The van der Waals surface area contributed by atoms with Crippen LogP contribution in [-0.2, 0) is 24.2 Å². The van der Waals surface area contributed by atoms with Gasteiger partial charge in [0, 0.05) is 25.1 Å². The van der Waals surface area contributed by atoms with Crippen molar-refractivity contribution >= 4 is 17.7 Å². The van der Waals surface area contributed by atoms with Gasteiger partial charge in [-0.3, -0.25) is 4.79 Å². The summed E-state index contributed by atoms with van der Waals surface area (Å²) in [6.45, 7) is 1.57. The lowest BCUT2D eigenvalue weighted by molar-refractivity contribution is -0.136. The van der Waals surface area contributed by atoms with E-state index < -0.39 is 5.97 Å². The number of carboxylic acid groups (broad SMARTS) is 1. The molecule has 0 amide bonds. The number of hydrogen-bond donors (Lipinski definition) is 2. The summed E-state index contributed by atoms with van der Waals surface area (Å²) in [5.74, 6) is -0.849. The molecule has 5 nitrogen and oxygen atoms in total. The number of carboxylic acids is 1. The number of aromatic nitrogens is 2. The van der Waals surface area contributed by atoms with Crippen LogP contribution in [0.5, 0.6) is 0 Å². The van der Waals surface area contributed by atoms with Gasteiger partial charge in [-0.1, -0.05) is 11.8 Å². The lowest BCUT2D eigenvalue weighted by atomic mass is 10.0. The molecule has 16 heavy (non-hydrogen) atoms. The van der Waals surface area contributed by atoms with E-state index in [-0.39, 0.29) is 6.42 Å². The third-order valence-corrected chi connectivity index (χ3v) is 3.05. The van der Waals surface area contributed by atoms with Crippen LogP contribution < -0.4 is 5.32 Å². The van der Waals surface area contributed by atoms with E-state index in [1.54, 1.807) is 0 Å². The number of thioether (sulfide) groups is 1. The molecular formula is C10H13N3O2S. The zero-order valence-corrected chi connectivity index (χ0v) is 9.80. The third kappa shape index (κ3) is 2.33. The smallest absolute Gasteiger partial charge is 0.309 e. The van der Waals surface area contributed by atoms with E-state index in [1.165, 1.54) is 11.8 Å². The average molecular weight is 239 g/mol. The number of nitrogens with zero attached hydrogens (tertiary/aromatic N) is 2. The summed E-state index contributed by atoms with van der Waals surface area (Å²) >= 11 is 1.45. The molecule has 0 bridgehead atoms. The molecule has 0 saturated heterocycles. The van der Waals surface area contributed by atoms with Crippen molar-refractivity contribution in [1.29, 1.82) is 0 Å². The second kappa shape index (κ2) is 4.80. The highest BCUT2D eigenvalue weighted by Gasteiger charge is 2.18.